The standard InChI is InChI=1S/C13H27N3/c1-13(2,3)16-10-12(11-16)4-7-15-8-5-14-6-9-15/h12,14H,4-11H2,1-3H3/p+1. The molecule has 0 radical (unpaired) electrons. The topological polar surface area (TPSA) is 23.1 Å². The fourth-order valence-corrected chi connectivity index (χ4v) is 2.69. The fourth-order valence-electron chi connectivity index (χ4n) is 2.69. The van der Waals surface area contributed by atoms with Crippen molar-refractivity contribution in [1.29, 1.82) is 0 Å². The molecule has 2 saturated heterocycles. The molecule has 94 valence electrons. The highest BCUT2D eigenvalue weighted by molar-refractivity contribution is 4.88. The molecule has 2 aliphatic heterocycles. The second-order valence-corrected chi connectivity index (χ2v) is 6.44. The van der Waals surface area contributed by atoms with E-state index in [0.29, 0.717) is 5.54 Å². The summed E-state index contributed by atoms with van der Waals surface area (Å²) >= 11 is 0. The molecule has 2 N–H and O–H groups in total. The van der Waals surface area contributed by atoms with Gasteiger partial charge in [-0.1, -0.05) is 0 Å². The van der Waals surface area contributed by atoms with Gasteiger partial charge in [0.05, 0.1) is 13.1 Å². The van der Waals surface area contributed by atoms with Gasteiger partial charge in [-0.3, -0.25) is 9.80 Å². The van der Waals surface area contributed by atoms with Gasteiger partial charge in [-0.15, -0.1) is 0 Å². The second-order valence-electron chi connectivity index (χ2n) is 6.44. The first-order chi connectivity index (χ1) is 7.55. The molecule has 0 spiro atoms. The Morgan fingerprint density at radius 1 is 1.12 bits per heavy atom. The third kappa shape index (κ3) is 3.19. The highest BCUT2D eigenvalue weighted by Crippen LogP contribution is 2.27. The maximum absolute atomic E-state index is 2.64. The van der Waals surface area contributed by atoms with Crippen molar-refractivity contribution in [3.05, 3.63) is 0 Å². The summed E-state index contributed by atoms with van der Waals surface area (Å²) < 4.78 is 0. The minimum Gasteiger partial charge on any atom is -0.344 e. The van der Waals surface area contributed by atoms with Crippen molar-refractivity contribution in [2.24, 2.45) is 5.92 Å². The molecule has 0 bridgehead atoms. The maximum atomic E-state index is 2.64. The van der Waals surface area contributed by atoms with Crippen LogP contribution in [0.2, 0.25) is 0 Å². The molecule has 3 heteroatoms. The quantitative estimate of drug-likeness (QED) is 0.731. The van der Waals surface area contributed by atoms with E-state index in [1.54, 1.807) is 0 Å². The van der Waals surface area contributed by atoms with Crippen molar-refractivity contribution in [3.8, 4) is 0 Å². The average Bonchev–Trinajstić information content (AvgIpc) is 2.15. The predicted octanol–water partition coefficient (Wildman–Crippen LogP) is -0.0142. The molecular formula is C13H28N3+. The van der Waals surface area contributed by atoms with Crippen LogP contribution >= 0.6 is 0 Å². The van der Waals surface area contributed by atoms with Gasteiger partial charge in [0.25, 0.3) is 0 Å². The third-order valence-electron chi connectivity index (χ3n) is 4.06. The van der Waals surface area contributed by atoms with Gasteiger partial charge >= 0.3 is 0 Å². The third-order valence-corrected chi connectivity index (χ3v) is 4.06. The molecule has 0 aromatic carbocycles. The molecule has 0 saturated carbocycles. The lowest BCUT2D eigenvalue weighted by molar-refractivity contribution is -0.663. The van der Waals surface area contributed by atoms with E-state index in [-0.39, 0.29) is 0 Å². The fraction of sp³-hybridized carbons (Fsp3) is 1.00. The lowest BCUT2D eigenvalue weighted by atomic mass is 9.90. The van der Waals surface area contributed by atoms with E-state index < -0.39 is 0 Å². The molecule has 2 heterocycles. The first kappa shape index (κ1) is 12.3. The number of likely N-dealkylation sites (tertiary alicyclic amines) is 1. The molecule has 0 aromatic heterocycles. The van der Waals surface area contributed by atoms with Crippen LogP contribution in [0.3, 0.4) is 0 Å². The van der Waals surface area contributed by atoms with Crippen molar-refractivity contribution in [2.75, 3.05) is 45.8 Å². The summed E-state index contributed by atoms with van der Waals surface area (Å²) in [4.78, 5) is 5.24. The Hall–Kier alpha value is -0.120. The molecule has 0 aliphatic carbocycles. The van der Waals surface area contributed by atoms with Crippen LogP contribution in [0.15, 0.2) is 0 Å². The number of rotatable bonds is 3. The molecule has 3 nitrogen and oxygen atoms in total. The summed E-state index contributed by atoms with van der Waals surface area (Å²) in [6.45, 7) is 16.2. The van der Waals surface area contributed by atoms with Crippen molar-refractivity contribution in [3.63, 3.8) is 0 Å². The monoisotopic (exact) mass is 226 g/mol. The van der Waals surface area contributed by atoms with Crippen LogP contribution in [0.4, 0.5) is 0 Å². The van der Waals surface area contributed by atoms with Crippen molar-refractivity contribution < 1.29 is 5.32 Å². The van der Waals surface area contributed by atoms with Gasteiger partial charge in [-0.25, -0.2) is 0 Å². The predicted molar refractivity (Wildman–Crippen MR) is 67.5 cm³/mol. The Morgan fingerprint density at radius 2 is 1.75 bits per heavy atom. The lowest BCUT2D eigenvalue weighted by Gasteiger charge is -2.48. The number of hydrogen-bond donors (Lipinski definition) is 1. The molecule has 0 amide bonds. The van der Waals surface area contributed by atoms with Gasteiger partial charge in [0.15, 0.2) is 0 Å². The number of nitrogens with zero attached hydrogens (tertiary/aromatic N) is 2. The highest BCUT2D eigenvalue weighted by atomic mass is 15.2. The Kier molecular flexibility index (Phi) is 3.88. The Bertz CT molecular complexity index is 210. The van der Waals surface area contributed by atoms with Crippen LogP contribution in [0, 0.1) is 5.92 Å². The summed E-state index contributed by atoms with van der Waals surface area (Å²) in [5.74, 6) is 0.963. The Morgan fingerprint density at radius 3 is 2.31 bits per heavy atom. The minimum atomic E-state index is 0.386. The Balaban J connectivity index is 1.59. The van der Waals surface area contributed by atoms with Crippen LogP contribution in [0.5, 0.6) is 0 Å². The van der Waals surface area contributed by atoms with Gasteiger partial charge < -0.3 is 5.32 Å². The molecule has 2 rings (SSSR count). The van der Waals surface area contributed by atoms with E-state index in [1.165, 1.54) is 52.2 Å². The summed E-state index contributed by atoms with van der Waals surface area (Å²) in [5, 5.41) is 2.43. The Labute approximate surface area is 100 Å². The number of hydrogen-bond acceptors (Lipinski definition) is 2. The zero-order valence-electron chi connectivity index (χ0n) is 11.2. The van der Waals surface area contributed by atoms with E-state index in [4.69, 9.17) is 0 Å². The van der Waals surface area contributed by atoms with E-state index in [2.05, 4.69) is 35.9 Å². The maximum Gasteiger partial charge on any atom is 0.0885 e. The molecule has 0 unspecified atom stereocenters. The summed E-state index contributed by atoms with van der Waals surface area (Å²) in [5.41, 5.74) is 0.386. The summed E-state index contributed by atoms with van der Waals surface area (Å²) in [6.07, 6.45) is 1.41. The van der Waals surface area contributed by atoms with Crippen LogP contribution in [0.25, 0.3) is 0 Å². The molecule has 16 heavy (non-hydrogen) atoms. The van der Waals surface area contributed by atoms with Crippen LogP contribution in [-0.2, 0) is 0 Å². The van der Waals surface area contributed by atoms with Crippen LogP contribution in [0.1, 0.15) is 27.2 Å². The van der Waals surface area contributed by atoms with Crippen molar-refractivity contribution >= 4 is 0 Å². The normalized spacial score (nSPS) is 25.7. The average molecular weight is 226 g/mol. The number of nitrogens with two attached hydrogens (primary N) is 1. The number of piperazine rings is 1. The second kappa shape index (κ2) is 5.03. The SMILES string of the molecule is CC(C)(C)N1CC(CCN2CC[NH2+]CC2)C1. The van der Waals surface area contributed by atoms with E-state index >= 15 is 0 Å². The minimum absolute atomic E-state index is 0.386. The van der Waals surface area contributed by atoms with Crippen molar-refractivity contribution in [1.82, 2.24) is 9.80 Å². The molecule has 0 aromatic rings. The largest absolute Gasteiger partial charge is 0.344 e. The van der Waals surface area contributed by atoms with E-state index in [0.717, 1.165) is 5.92 Å². The van der Waals surface area contributed by atoms with Gasteiger partial charge in [0, 0.05) is 31.7 Å². The molecule has 0 atom stereocenters. The summed E-state index contributed by atoms with van der Waals surface area (Å²) in [6, 6.07) is 0. The van der Waals surface area contributed by atoms with Crippen LogP contribution < -0.4 is 5.32 Å². The van der Waals surface area contributed by atoms with Gasteiger partial charge in [-0.2, -0.15) is 0 Å². The van der Waals surface area contributed by atoms with E-state index in [1.807, 2.05) is 0 Å². The number of quaternary nitrogens is 1. The first-order valence-corrected chi connectivity index (χ1v) is 6.85. The van der Waals surface area contributed by atoms with Crippen molar-refractivity contribution in [2.45, 2.75) is 32.7 Å². The van der Waals surface area contributed by atoms with E-state index in [9.17, 15) is 0 Å². The first-order valence-electron chi connectivity index (χ1n) is 6.85. The lowest BCUT2D eigenvalue weighted by Crippen LogP contribution is -2.89. The molecule has 2 aliphatic rings. The van der Waals surface area contributed by atoms with Gasteiger partial charge in [0.1, 0.15) is 0 Å². The van der Waals surface area contributed by atoms with Gasteiger partial charge in [0.2, 0.25) is 0 Å². The molecular weight excluding hydrogens is 198 g/mol. The van der Waals surface area contributed by atoms with Gasteiger partial charge in [-0.05, 0) is 39.7 Å². The zero-order chi connectivity index (χ0) is 11.6. The smallest absolute Gasteiger partial charge is 0.0885 e. The summed E-state index contributed by atoms with van der Waals surface area (Å²) in [7, 11) is 0. The zero-order valence-corrected chi connectivity index (χ0v) is 11.2. The molecule has 2 fully saturated rings. The highest BCUT2D eigenvalue weighted by Gasteiger charge is 2.34. The van der Waals surface area contributed by atoms with Crippen LogP contribution in [-0.4, -0.2) is 61.2 Å².